The van der Waals surface area contributed by atoms with Crippen molar-refractivity contribution in [2.24, 2.45) is 0 Å². The van der Waals surface area contributed by atoms with Crippen molar-refractivity contribution in [2.45, 2.75) is 6.42 Å². The van der Waals surface area contributed by atoms with Gasteiger partial charge in [0.25, 0.3) is 0 Å². The Morgan fingerprint density at radius 2 is 2.33 bits per heavy atom. The van der Waals surface area contributed by atoms with Crippen LogP contribution in [0.15, 0.2) is 18.2 Å². The lowest BCUT2D eigenvalue weighted by molar-refractivity contribution is -0.118. The Labute approximate surface area is 87.7 Å². The number of carbonyl (C=O) groups is 1. The van der Waals surface area contributed by atoms with Gasteiger partial charge in [0.1, 0.15) is 5.75 Å². The van der Waals surface area contributed by atoms with Gasteiger partial charge in [0, 0.05) is 7.05 Å². The first-order valence-corrected chi connectivity index (χ1v) is 4.66. The molecule has 2 rings (SSSR count). The maximum absolute atomic E-state index is 11.5. The van der Waals surface area contributed by atoms with Crippen LogP contribution in [0.1, 0.15) is 12.0 Å². The molecule has 1 aromatic carbocycles. The minimum absolute atomic E-state index is 0.00356. The fourth-order valence-electron chi connectivity index (χ4n) is 1.52. The number of hydrogen-bond donors (Lipinski definition) is 0. The monoisotopic (exact) mass is 202 g/mol. The Hall–Kier alpha value is -2.02. The van der Waals surface area contributed by atoms with Gasteiger partial charge < -0.3 is 9.64 Å². The van der Waals surface area contributed by atoms with Crippen LogP contribution in [0.4, 0.5) is 5.69 Å². The molecule has 0 atom stereocenters. The molecule has 1 amide bonds. The van der Waals surface area contributed by atoms with Gasteiger partial charge in [0.05, 0.1) is 30.3 Å². The molecule has 0 radical (unpaired) electrons. The van der Waals surface area contributed by atoms with Gasteiger partial charge in [-0.25, -0.2) is 0 Å². The average molecular weight is 202 g/mol. The summed E-state index contributed by atoms with van der Waals surface area (Å²) < 4.78 is 5.42. The SMILES string of the molecule is CN1C(=O)CCOc2ccc(C#N)cc21. The summed E-state index contributed by atoms with van der Waals surface area (Å²) in [5, 5.41) is 8.77. The highest BCUT2D eigenvalue weighted by atomic mass is 16.5. The normalized spacial score (nSPS) is 14.9. The zero-order valence-corrected chi connectivity index (χ0v) is 8.36. The number of benzene rings is 1. The summed E-state index contributed by atoms with van der Waals surface area (Å²) >= 11 is 0. The van der Waals surface area contributed by atoms with Crippen molar-refractivity contribution in [1.29, 1.82) is 5.26 Å². The molecule has 0 fully saturated rings. The Morgan fingerprint density at radius 1 is 1.53 bits per heavy atom. The molecule has 1 aliphatic rings. The number of carbonyl (C=O) groups excluding carboxylic acids is 1. The smallest absolute Gasteiger partial charge is 0.230 e. The number of nitrogens with zero attached hydrogens (tertiary/aromatic N) is 2. The van der Waals surface area contributed by atoms with E-state index in [0.717, 1.165) is 0 Å². The van der Waals surface area contributed by atoms with Gasteiger partial charge >= 0.3 is 0 Å². The summed E-state index contributed by atoms with van der Waals surface area (Å²) in [6.07, 6.45) is 0.368. The van der Waals surface area contributed by atoms with Crippen molar-refractivity contribution >= 4 is 11.6 Å². The lowest BCUT2D eigenvalue weighted by Crippen LogP contribution is -2.25. The second-order valence-electron chi connectivity index (χ2n) is 3.35. The highest BCUT2D eigenvalue weighted by Crippen LogP contribution is 2.31. The molecule has 4 heteroatoms. The standard InChI is InChI=1S/C11H10N2O2/c1-13-9-6-8(7-12)2-3-10(9)15-5-4-11(13)14/h2-3,6H,4-5H2,1H3. The van der Waals surface area contributed by atoms with Crippen LogP contribution >= 0.6 is 0 Å². The third-order valence-corrected chi connectivity index (χ3v) is 2.40. The molecule has 0 aliphatic carbocycles. The first kappa shape index (κ1) is 9.53. The Kier molecular flexibility index (Phi) is 2.30. The Bertz CT molecular complexity index is 448. The molecule has 15 heavy (non-hydrogen) atoms. The predicted octanol–water partition coefficient (Wildman–Crippen LogP) is 1.30. The second-order valence-corrected chi connectivity index (χ2v) is 3.35. The van der Waals surface area contributed by atoms with E-state index in [2.05, 4.69) is 0 Å². The van der Waals surface area contributed by atoms with Crippen molar-refractivity contribution in [3.63, 3.8) is 0 Å². The summed E-state index contributed by atoms with van der Waals surface area (Å²) in [6.45, 7) is 0.391. The molecule has 1 aromatic rings. The van der Waals surface area contributed by atoms with E-state index in [0.29, 0.717) is 30.0 Å². The fraction of sp³-hybridized carbons (Fsp3) is 0.273. The molecule has 0 bridgehead atoms. The molecule has 0 spiro atoms. The minimum Gasteiger partial charge on any atom is -0.491 e. The maximum atomic E-state index is 11.5. The van der Waals surface area contributed by atoms with Crippen LogP contribution in [0.2, 0.25) is 0 Å². The number of fused-ring (bicyclic) bond motifs is 1. The highest BCUT2D eigenvalue weighted by molar-refractivity contribution is 5.95. The van der Waals surface area contributed by atoms with Crippen LogP contribution in [0.25, 0.3) is 0 Å². The van der Waals surface area contributed by atoms with Crippen molar-refractivity contribution in [2.75, 3.05) is 18.6 Å². The van der Waals surface area contributed by atoms with E-state index in [4.69, 9.17) is 10.00 Å². The van der Waals surface area contributed by atoms with Gasteiger partial charge in [0.2, 0.25) is 5.91 Å². The number of rotatable bonds is 0. The number of anilines is 1. The third-order valence-electron chi connectivity index (χ3n) is 2.40. The van der Waals surface area contributed by atoms with Gasteiger partial charge in [-0.2, -0.15) is 5.26 Å². The molecular formula is C11H10N2O2. The van der Waals surface area contributed by atoms with Gasteiger partial charge in [-0.1, -0.05) is 0 Å². The second kappa shape index (κ2) is 3.62. The Morgan fingerprint density at radius 3 is 3.07 bits per heavy atom. The van der Waals surface area contributed by atoms with E-state index in [-0.39, 0.29) is 5.91 Å². The zero-order chi connectivity index (χ0) is 10.8. The molecule has 0 saturated carbocycles. The lowest BCUT2D eigenvalue weighted by atomic mass is 10.2. The van der Waals surface area contributed by atoms with Gasteiger partial charge in [-0.3, -0.25) is 4.79 Å². The molecule has 0 saturated heterocycles. The van der Waals surface area contributed by atoms with E-state index in [1.54, 1.807) is 25.2 Å². The molecule has 4 nitrogen and oxygen atoms in total. The minimum atomic E-state index is 0.00356. The van der Waals surface area contributed by atoms with Crippen molar-refractivity contribution in [3.05, 3.63) is 23.8 Å². The predicted molar refractivity (Wildman–Crippen MR) is 54.7 cm³/mol. The number of ether oxygens (including phenoxy) is 1. The van der Waals surface area contributed by atoms with E-state index in [1.807, 2.05) is 6.07 Å². The average Bonchev–Trinajstić information content (AvgIpc) is 2.40. The molecule has 76 valence electrons. The van der Waals surface area contributed by atoms with Crippen LogP contribution in [-0.2, 0) is 4.79 Å². The van der Waals surface area contributed by atoms with Gasteiger partial charge in [-0.05, 0) is 18.2 Å². The van der Waals surface area contributed by atoms with Crippen LogP contribution in [0.5, 0.6) is 5.75 Å². The van der Waals surface area contributed by atoms with Crippen LogP contribution in [-0.4, -0.2) is 19.6 Å². The topological polar surface area (TPSA) is 53.3 Å². The number of hydrogen-bond acceptors (Lipinski definition) is 3. The first-order valence-electron chi connectivity index (χ1n) is 4.66. The van der Waals surface area contributed by atoms with Crippen molar-refractivity contribution in [1.82, 2.24) is 0 Å². The van der Waals surface area contributed by atoms with E-state index in [9.17, 15) is 4.79 Å². The molecule has 0 aromatic heterocycles. The quantitative estimate of drug-likeness (QED) is 0.637. The van der Waals surface area contributed by atoms with Crippen LogP contribution in [0, 0.1) is 11.3 Å². The molecule has 0 N–H and O–H groups in total. The summed E-state index contributed by atoms with van der Waals surface area (Å²) in [7, 11) is 1.69. The fourth-order valence-corrected chi connectivity index (χ4v) is 1.52. The highest BCUT2D eigenvalue weighted by Gasteiger charge is 2.19. The number of amides is 1. The van der Waals surface area contributed by atoms with Crippen molar-refractivity contribution < 1.29 is 9.53 Å². The van der Waals surface area contributed by atoms with Gasteiger partial charge in [-0.15, -0.1) is 0 Å². The van der Waals surface area contributed by atoms with E-state index < -0.39 is 0 Å². The van der Waals surface area contributed by atoms with Crippen LogP contribution in [0.3, 0.4) is 0 Å². The summed E-state index contributed by atoms with van der Waals surface area (Å²) in [6, 6.07) is 7.11. The van der Waals surface area contributed by atoms with Crippen molar-refractivity contribution in [3.8, 4) is 11.8 Å². The third kappa shape index (κ3) is 1.64. The summed E-state index contributed by atoms with van der Waals surface area (Å²) in [4.78, 5) is 13.1. The number of nitriles is 1. The van der Waals surface area contributed by atoms with E-state index in [1.165, 1.54) is 4.90 Å². The largest absolute Gasteiger partial charge is 0.491 e. The molecular weight excluding hydrogens is 192 g/mol. The lowest BCUT2D eigenvalue weighted by Gasteiger charge is -2.15. The van der Waals surface area contributed by atoms with Crippen LogP contribution < -0.4 is 9.64 Å². The Balaban J connectivity index is 2.51. The van der Waals surface area contributed by atoms with E-state index >= 15 is 0 Å². The zero-order valence-electron chi connectivity index (χ0n) is 8.36. The van der Waals surface area contributed by atoms with Gasteiger partial charge in [0.15, 0.2) is 0 Å². The maximum Gasteiger partial charge on any atom is 0.230 e. The summed E-state index contributed by atoms with van der Waals surface area (Å²) in [5.74, 6) is 0.659. The summed E-state index contributed by atoms with van der Waals surface area (Å²) in [5.41, 5.74) is 1.19. The molecule has 1 aliphatic heterocycles. The molecule has 1 heterocycles. The first-order chi connectivity index (χ1) is 7.22. The molecule has 0 unspecified atom stereocenters.